The highest BCUT2D eigenvalue weighted by molar-refractivity contribution is 5.93. The molecule has 0 saturated carbocycles. The molecule has 3 N–H and O–H groups in total. The van der Waals surface area contributed by atoms with E-state index >= 15 is 0 Å². The largest absolute Gasteiger partial charge is 0.449 e. The fraction of sp³-hybridized carbons (Fsp3) is 0.429. The fourth-order valence-electron chi connectivity index (χ4n) is 1.46. The number of halogens is 1. The molecule has 20 heavy (non-hydrogen) atoms. The zero-order valence-electron chi connectivity index (χ0n) is 11.8. The molecule has 0 aromatic heterocycles. The summed E-state index contributed by atoms with van der Waals surface area (Å²) in [6.07, 6.45) is -0.953. The molecule has 110 valence electrons. The van der Waals surface area contributed by atoms with E-state index in [-0.39, 0.29) is 11.3 Å². The third-order valence-corrected chi connectivity index (χ3v) is 2.49. The van der Waals surface area contributed by atoms with Crippen molar-refractivity contribution in [2.45, 2.75) is 26.9 Å². The van der Waals surface area contributed by atoms with E-state index < -0.39 is 23.8 Å². The van der Waals surface area contributed by atoms with Gasteiger partial charge in [0.05, 0.1) is 5.56 Å². The minimum absolute atomic E-state index is 0.0222. The molecule has 0 spiro atoms. The number of carbonyl (C=O) groups excluding carboxylic acids is 2. The van der Waals surface area contributed by atoms with Gasteiger partial charge in [0.15, 0.2) is 6.10 Å². The van der Waals surface area contributed by atoms with Gasteiger partial charge in [0, 0.05) is 12.2 Å². The Kier molecular flexibility index (Phi) is 5.49. The van der Waals surface area contributed by atoms with Gasteiger partial charge < -0.3 is 15.8 Å². The van der Waals surface area contributed by atoms with Gasteiger partial charge in [-0.1, -0.05) is 13.8 Å². The Hall–Kier alpha value is -2.11. The van der Waals surface area contributed by atoms with Crippen LogP contribution in [0.1, 0.15) is 31.1 Å². The van der Waals surface area contributed by atoms with Crippen molar-refractivity contribution in [2.24, 2.45) is 5.92 Å². The highest BCUT2D eigenvalue weighted by Gasteiger charge is 2.19. The summed E-state index contributed by atoms with van der Waals surface area (Å²) in [5.41, 5.74) is 5.54. The topological polar surface area (TPSA) is 81.4 Å². The molecule has 1 aromatic carbocycles. The number of hydrogen-bond acceptors (Lipinski definition) is 4. The van der Waals surface area contributed by atoms with E-state index in [2.05, 4.69) is 5.32 Å². The van der Waals surface area contributed by atoms with E-state index in [0.717, 1.165) is 12.1 Å². The van der Waals surface area contributed by atoms with Crippen LogP contribution in [0.15, 0.2) is 18.2 Å². The van der Waals surface area contributed by atoms with E-state index in [9.17, 15) is 14.0 Å². The smallest absolute Gasteiger partial charge is 0.339 e. The van der Waals surface area contributed by atoms with Crippen LogP contribution in [0.2, 0.25) is 0 Å². The summed E-state index contributed by atoms with van der Waals surface area (Å²) in [6, 6.07) is 3.40. The lowest BCUT2D eigenvalue weighted by atomic mass is 10.2. The molecule has 0 radical (unpaired) electrons. The number of nitrogen functional groups attached to an aromatic ring is 1. The Morgan fingerprint density at radius 3 is 2.50 bits per heavy atom. The summed E-state index contributed by atoms with van der Waals surface area (Å²) in [4.78, 5) is 23.4. The summed E-state index contributed by atoms with van der Waals surface area (Å²) in [5.74, 6) is -1.52. The molecule has 0 saturated heterocycles. The Balaban J connectivity index is 2.63. The van der Waals surface area contributed by atoms with Crippen molar-refractivity contribution >= 4 is 17.6 Å². The maximum atomic E-state index is 13.1. The minimum atomic E-state index is -0.953. The minimum Gasteiger partial charge on any atom is -0.449 e. The molecular formula is C14H19FN2O3. The number of ether oxygens (including phenoxy) is 1. The number of nitrogens with one attached hydrogen (secondary N) is 1. The lowest BCUT2D eigenvalue weighted by Crippen LogP contribution is -2.37. The van der Waals surface area contributed by atoms with Crippen LogP contribution in [0.3, 0.4) is 0 Å². The number of rotatable bonds is 5. The molecule has 0 bridgehead atoms. The second-order valence-corrected chi connectivity index (χ2v) is 4.96. The van der Waals surface area contributed by atoms with Crippen LogP contribution >= 0.6 is 0 Å². The van der Waals surface area contributed by atoms with Crippen molar-refractivity contribution in [3.8, 4) is 0 Å². The molecule has 1 atom stereocenters. The van der Waals surface area contributed by atoms with Crippen molar-refractivity contribution in [3.05, 3.63) is 29.6 Å². The van der Waals surface area contributed by atoms with Gasteiger partial charge in [0.2, 0.25) is 0 Å². The predicted octanol–water partition coefficient (Wildman–Crippen LogP) is 1.73. The lowest BCUT2D eigenvalue weighted by Gasteiger charge is -2.14. The van der Waals surface area contributed by atoms with E-state index in [0.29, 0.717) is 12.5 Å². The third-order valence-electron chi connectivity index (χ3n) is 2.49. The van der Waals surface area contributed by atoms with E-state index in [1.807, 2.05) is 13.8 Å². The van der Waals surface area contributed by atoms with E-state index in [1.54, 1.807) is 0 Å². The SMILES string of the molecule is CC(C)CNC(=O)C(C)OC(=O)c1cc(N)cc(F)c1. The molecule has 0 aliphatic rings. The summed E-state index contributed by atoms with van der Waals surface area (Å²) < 4.78 is 18.1. The maximum absolute atomic E-state index is 13.1. The lowest BCUT2D eigenvalue weighted by molar-refractivity contribution is -0.129. The zero-order chi connectivity index (χ0) is 15.3. The molecule has 0 heterocycles. The molecule has 1 amide bonds. The first-order valence-corrected chi connectivity index (χ1v) is 6.34. The van der Waals surface area contributed by atoms with Crippen molar-refractivity contribution in [3.63, 3.8) is 0 Å². The van der Waals surface area contributed by atoms with Gasteiger partial charge in [0.25, 0.3) is 5.91 Å². The average molecular weight is 282 g/mol. The van der Waals surface area contributed by atoms with Crippen LogP contribution < -0.4 is 11.1 Å². The van der Waals surface area contributed by atoms with Gasteiger partial charge in [-0.05, 0) is 31.0 Å². The molecule has 1 rings (SSSR count). The van der Waals surface area contributed by atoms with Gasteiger partial charge in [-0.3, -0.25) is 4.79 Å². The molecule has 0 fully saturated rings. The first-order valence-electron chi connectivity index (χ1n) is 6.34. The molecule has 0 aliphatic carbocycles. The summed E-state index contributed by atoms with van der Waals surface area (Å²) in [7, 11) is 0. The number of benzene rings is 1. The van der Waals surface area contributed by atoms with Crippen molar-refractivity contribution in [1.82, 2.24) is 5.32 Å². The first kappa shape index (κ1) is 15.9. The molecule has 5 nitrogen and oxygen atoms in total. The van der Waals surface area contributed by atoms with Crippen molar-refractivity contribution in [2.75, 3.05) is 12.3 Å². The number of anilines is 1. The monoisotopic (exact) mass is 282 g/mol. The Morgan fingerprint density at radius 2 is 1.95 bits per heavy atom. The molecular weight excluding hydrogens is 263 g/mol. The number of esters is 1. The molecule has 0 aliphatic heterocycles. The predicted molar refractivity (Wildman–Crippen MR) is 73.5 cm³/mol. The highest BCUT2D eigenvalue weighted by Crippen LogP contribution is 2.12. The Morgan fingerprint density at radius 1 is 1.30 bits per heavy atom. The van der Waals surface area contributed by atoms with E-state index in [4.69, 9.17) is 10.5 Å². The number of carbonyl (C=O) groups is 2. The second-order valence-electron chi connectivity index (χ2n) is 4.96. The molecule has 1 unspecified atom stereocenters. The van der Waals surface area contributed by atoms with Gasteiger partial charge in [0.1, 0.15) is 5.82 Å². The van der Waals surface area contributed by atoms with Crippen LogP contribution in [-0.2, 0) is 9.53 Å². The quantitative estimate of drug-likeness (QED) is 0.636. The molecule has 1 aromatic rings. The number of amides is 1. The van der Waals surface area contributed by atoms with Crippen LogP contribution in [0.25, 0.3) is 0 Å². The maximum Gasteiger partial charge on any atom is 0.339 e. The average Bonchev–Trinajstić information content (AvgIpc) is 2.34. The van der Waals surface area contributed by atoms with Crippen LogP contribution in [-0.4, -0.2) is 24.5 Å². The number of nitrogens with two attached hydrogens (primary N) is 1. The first-order chi connectivity index (χ1) is 9.29. The van der Waals surface area contributed by atoms with Crippen LogP contribution in [0, 0.1) is 11.7 Å². The van der Waals surface area contributed by atoms with Crippen LogP contribution in [0.5, 0.6) is 0 Å². The third kappa shape index (κ3) is 4.87. The summed E-state index contributed by atoms with van der Waals surface area (Å²) in [6.45, 7) is 5.85. The normalized spacial score (nSPS) is 12.1. The number of hydrogen-bond donors (Lipinski definition) is 2. The molecule has 6 heteroatoms. The van der Waals surface area contributed by atoms with Gasteiger partial charge >= 0.3 is 5.97 Å². The van der Waals surface area contributed by atoms with Gasteiger partial charge in [-0.2, -0.15) is 0 Å². The van der Waals surface area contributed by atoms with Gasteiger partial charge in [-0.15, -0.1) is 0 Å². The zero-order valence-corrected chi connectivity index (χ0v) is 11.8. The highest BCUT2D eigenvalue weighted by atomic mass is 19.1. The van der Waals surface area contributed by atoms with E-state index in [1.165, 1.54) is 13.0 Å². The second kappa shape index (κ2) is 6.88. The van der Waals surface area contributed by atoms with Crippen molar-refractivity contribution in [1.29, 1.82) is 0 Å². The summed E-state index contributed by atoms with van der Waals surface area (Å²) >= 11 is 0. The fourth-order valence-corrected chi connectivity index (χ4v) is 1.46. The Bertz CT molecular complexity index is 483. The van der Waals surface area contributed by atoms with Crippen molar-refractivity contribution < 1.29 is 18.7 Å². The Labute approximate surface area is 117 Å². The van der Waals surface area contributed by atoms with Gasteiger partial charge in [-0.25, -0.2) is 9.18 Å². The standard InChI is InChI=1S/C14H19FN2O3/c1-8(2)7-17-13(18)9(3)20-14(19)10-4-11(15)6-12(16)5-10/h4-6,8-9H,7,16H2,1-3H3,(H,17,18). The van der Waals surface area contributed by atoms with Crippen LogP contribution in [0.4, 0.5) is 10.1 Å². The summed E-state index contributed by atoms with van der Waals surface area (Å²) in [5, 5.41) is 2.65.